The molecule has 0 aliphatic carbocycles. The van der Waals surface area contributed by atoms with Gasteiger partial charge < -0.3 is 10.2 Å². The van der Waals surface area contributed by atoms with Crippen molar-refractivity contribution in [3.05, 3.63) is 22.2 Å². The molecule has 4 rings (SSSR count). The number of carbonyl (C=O) groups is 2. The third kappa shape index (κ3) is 5.76. The van der Waals surface area contributed by atoms with Crippen LogP contribution >= 0.6 is 15.9 Å². The number of likely N-dealkylation sites (tertiary alicyclic amines) is 1. The quantitative estimate of drug-likeness (QED) is 0.545. The first-order valence-electron chi connectivity index (χ1n) is 12.9. The molecule has 0 radical (unpaired) electrons. The van der Waals surface area contributed by atoms with Gasteiger partial charge in [0.2, 0.25) is 21.8 Å². The number of piperidine rings is 2. The van der Waals surface area contributed by atoms with E-state index >= 15 is 0 Å². The van der Waals surface area contributed by atoms with Crippen molar-refractivity contribution < 1.29 is 18.0 Å². The van der Waals surface area contributed by atoms with Crippen molar-refractivity contribution in [2.75, 3.05) is 44.2 Å². The lowest BCUT2D eigenvalue weighted by Crippen LogP contribution is -2.47. The van der Waals surface area contributed by atoms with E-state index in [1.807, 2.05) is 13.0 Å². The molecule has 35 heavy (non-hydrogen) atoms. The standard InChI is InChI=1S/C25H37BrN4O4S/c1-3-24(31)30-13-9-19-15-21(26)23(16-22(19)30)35(33,34)29-12-6-8-20(17-29)25(32)27-10-14-28-11-5-4-7-18(28)2/h15-16,18,20H,3-14,17H2,1-2H3,(H,27,32)/t18-,20+/m1/s1. The van der Waals surface area contributed by atoms with Gasteiger partial charge in [0.1, 0.15) is 0 Å². The maximum absolute atomic E-state index is 13.6. The molecule has 1 aromatic carbocycles. The largest absolute Gasteiger partial charge is 0.355 e. The zero-order chi connectivity index (χ0) is 25.2. The van der Waals surface area contributed by atoms with E-state index in [2.05, 4.69) is 33.1 Å². The fourth-order valence-electron chi connectivity index (χ4n) is 5.51. The average Bonchev–Trinajstić information content (AvgIpc) is 3.26. The number of fused-ring (bicyclic) bond motifs is 1. The normalized spacial score (nSPS) is 23.8. The Morgan fingerprint density at radius 2 is 1.91 bits per heavy atom. The number of sulfonamides is 1. The highest BCUT2D eigenvalue weighted by Gasteiger charge is 2.36. The van der Waals surface area contributed by atoms with Crippen LogP contribution in [0.2, 0.25) is 0 Å². The number of halogens is 1. The minimum Gasteiger partial charge on any atom is -0.355 e. The molecule has 3 heterocycles. The molecule has 0 saturated carbocycles. The van der Waals surface area contributed by atoms with Gasteiger partial charge in [0.15, 0.2) is 0 Å². The van der Waals surface area contributed by atoms with E-state index in [1.54, 1.807) is 11.0 Å². The van der Waals surface area contributed by atoms with Crippen molar-refractivity contribution in [2.24, 2.45) is 5.92 Å². The molecule has 2 amide bonds. The van der Waals surface area contributed by atoms with Crippen molar-refractivity contribution in [2.45, 2.75) is 69.7 Å². The van der Waals surface area contributed by atoms with Crippen LogP contribution in [0.1, 0.15) is 57.9 Å². The second-order valence-corrected chi connectivity index (χ2v) is 12.7. The lowest BCUT2D eigenvalue weighted by molar-refractivity contribution is -0.126. The first kappa shape index (κ1) is 26.6. The van der Waals surface area contributed by atoms with E-state index in [-0.39, 0.29) is 29.2 Å². The smallest absolute Gasteiger partial charge is 0.244 e. The maximum Gasteiger partial charge on any atom is 0.244 e. The zero-order valence-corrected chi connectivity index (χ0v) is 23.2. The first-order valence-corrected chi connectivity index (χ1v) is 15.1. The summed E-state index contributed by atoms with van der Waals surface area (Å²) in [6, 6.07) is 3.99. The number of carbonyl (C=O) groups excluding carboxylic acids is 2. The summed E-state index contributed by atoms with van der Waals surface area (Å²) in [7, 11) is -3.82. The van der Waals surface area contributed by atoms with E-state index in [1.165, 1.54) is 23.6 Å². The Morgan fingerprint density at radius 1 is 1.11 bits per heavy atom. The molecule has 10 heteroatoms. The zero-order valence-electron chi connectivity index (χ0n) is 20.8. The summed E-state index contributed by atoms with van der Waals surface area (Å²) in [5.41, 5.74) is 1.65. The van der Waals surface area contributed by atoms with Crippen molar-refractivity contribution in [3.8, 4) is 0 Å². The number of hydrogen-bond donors (Lipinski definition) is 1. The molecule has 0 spiro atoms. The van der Waals surface area contributed by atoms with Crippen molar-refractivity contribution in [1.29, 1.82) is 0 Å². The van der Waals surface area contributed by atoms with Gasteiger partial charge in [-0.3, -0.25) is 14.5 Å². The van der Waals surface area contributed by atoms with Crippen LogP contribution in [0.3, 0.4) is 0 Å². The van der Waals surface area contributed by atoms with Gasteiger partial charge in [-0.25, -0.2) is 8.42 Å². The molecule has 194 valence electrons. The number of rotatable bonds is 7. The van der Waals surface area contributed by atoms with E-state index in [0.717, 1.165) is 18.7 Å². The molecule has 1 aromatic rings. The van der Waals surface area contributed by atoms with Gasteiger partial charge in [-0.15, -0.1) is 0 Å². The Kier molecular flexibility index (Phi) is 8.56. The van der Waals surface area contributed by atoms with E-state index in [9.17, 15) is 18.0 Å². The van der Waals surface area contributed by atoms with Gasteiger partial charge in [-0.05, 0) is 79.2 Å². The summed E-state index contributed by atoms with van der Waals surface area (Å²) in [6.45, 7) is 7.67. The van der Waals surface area contributed by atoms with E-state index < -0.39 is 10.0 Å². The van der Waals surface area contributed by atoms with Gasteiger partial charge in [0.05, 0.1) is 10.8 Å². The fraction of sp³-hybridized carbons (Fsp3) is 0.680. The Morgan fingerprint density at radius 3 is 2.66 bits per heavy atom. The highest BCUT2D eigenvalue weighted by atomic mass is 79.9. The molecule has 2 saturated heterocycles. The van der Waals surface area contributed by atoms with Gasteiger partial charge in [-0.2, -0.15) is 4.31 Å². The molecule has 0 aromatic heterocycles. The lowest BCUT2D eigenvalue weighted by atomic mass is 9.99. The molecular formula is C25H37BrN4O4S. The SMILES string of the molecule is CCC(=O)N1CCc2cc(Br)c(S(=O)(=O)N3CCC[C@H](C(=O)NCCN4CCCC[C@H]4C)C3)cc21. The molecule has 2 fully saturated rings. The predicted molar refractivity (Wildman–Crippen MR) is 140 cm³/mol. The second-order valence-electron chi connectivity index (χ2n) is 9.93. The summed E-state index contributed by atoms with van der Waals surface area (Å²) >= 11 is 3.45. The van der Waals surface area contributed by atoms with Gasteiger partial charge in [0.25, 0.3) is 0 Å². The summed E-state index contributed by atoms with van der Waals surface area (Å²) < 4.78 is 29.2. The van der Waals surface area contributed by atoms with Gasteiger partial charge >= 0.3 is 0 Å². The van der Waals surface area contributed by atoms with Gasteiger partial charge in [0, 0.05) is 55.3 Å². The highest BCUT2D eigenvalue weighted by molar-refractivity contribution is 9.10. The van der Waals surface area contributed by atoms with Crippen molar-refractivity contribution >= 4 is 43.5 Å². The van der Waals surface area contributed by atoms with E-state index in [0.29, 0.717) is 61.5 Å². The summed E-state index contributed by atoms with van der Waals surface area (Å²) in [6.07, 6.45) is 6.08. The number of benzene rings is 1. The summed E-state index contributed by atoms with van der Waals surface area (Å²) in [5.74, 6) is -0.436. The van der Waals surface area contributed by atoms with Crippen LogP contribution in [0.25, 0.3) is 0 Å². The molecule has 2 atom stereocenters. The summed E-state index contributed by atoms with van der Waals surface area (Å²) in [4.78, 5) is 29.5. The third-order valence-corrected chi connectivity index (χ3v) is 10.5. The number of amides is 2. The predicted octanol–water partition coefficient (Wildman–Crippen LogP) is 3.14. The molecule has 0 unspecified atom stereocenters. The van der Waals surface area contributed by atoms with Crippen LogP contribution in [-0.2, 0) is 26.0 Å². The molecular weight excluding hydrogens is 532 g/mol. The van der Waals surface area contributed by atoms with Gasteiger partial charge in [-0.1, -0.05) is 13.3 Å². The Hall–Kier alpha value is -1.49. The highest BCUT2D eigenvalue weighted by Crippen LogP contribution is 2.37. The first-order chi connectivity index (χ1) is 16.7. The van der Waals surface area contributed by atoms with Crippen LogP contribution in [0.15, 0.2) is 21.5 Å². The van der Waals surface area contributed by atoms with Crippen LogP contribution in [0.5, 0.6) is 0 Å². The molecule has 3 aliphatic heterocycles. The number of hydrogen-bond acceptors (Lipinski definition) is 5. The second kappa shape index (κ2) is 11.3. The lowest BCUT2D eigenvalue weighted by Gasteiger charge is -2.34. The maximum atomic E-state index is 13.6. The van der Waals surface area contributed by atoms with E-state index in [4.69, 9.17) is 0 Å². The van der Waals surface area contributed by atoms with Crippen LogP contribution in [0, 0.1) is 5.92 Å². The third-order valence-electron chi connectivity index (χ3n) is 7.64. The molecule has 0 bridgehead atoms. The Bertz CT molecular complexity index is 1060. The number of anilines is 1. The average molecular weight is 570 g/mol. The van der Waals surface area contributed by atoms with Crippen LogP contribution in [0.4, 0.5) is 5.69 Å². The molecule has 8 nitrogen and oxygen atoms in total. The van der Waals surface area contributed by atoms with Crippen LogP contribution in [-0.4, -0.2) is 74.7 Å². The molecule has 1 N–H and O–H groups in total. The monoisotopic (exact) mass is 568 g/mol. The van der Waals surface area contributed by atoms with Crippen molar-refractivity contribution in [1.82, 2.24) is 14.5 Å². The Balaban J connectivity index is 1.42. The summed E-state index contributed by atoms with van der Waals surface area (Å²) in [5, 5.41) is 3.05. The number of nitrogens with zero attached hydrogens (tertiary/aromatic N) is 3. The molecule has 3 aliphatic rings. The fourth-order valence-corrected chi connectivity index (χ4v) is 8.10. The topological polar surface area (TPSA) is 90.0 Å². The Labute approximate surface area is 217 Å². The minimum atomic E-state index is -3.82. The minimum absolute atomic E-state index is 0.0110. The van der Waals surface area contributed by atoms with Crippen LogP contribution < -0.4 is 10.2 Å². The van der Waals surface area contributed by atoms with Crippen molar-refractivity contribution in [3.63, 3.8) is 0 Å². The number of nitrogens with one attached hydrogen (secondary N) is 1.